The van der Waals surface area contributed by atoms with Crippen molar-refractivity contribution >= 4 is 23.5 Å². The summed E-state index contributed by atoms with van der Waals surface area (Å²) in [5.74, 6) is 1.31. The van der Waals surface area contributed by atoms with E-state index in [1.807, 2.05) is 11.8 Å². The Labute approximate surface area is 86.3 Å². The molecule has 0 saturated heterocycles. The third kappa shape index (κ3) is 8.79. The zero-order chi connectivity index (χ0) is 9.61. The van der Waals surface area contributed by atoms with Crippen LogP contribution in [0.1, 0.15) is 40.5 Å². The van der Waals surface area contributed by atoms with Crippen LogP contribution in [-0.4, -0.2) is 22.0 Å². The van der Waals surface area contributed by atoms with Crippen LogP contribution in [0.5, 0.6) is 0 Å². The van der Waals surface area contributed by atoms with E-state index in [9.17, 15) is 0 Å². The van der Waals surface area contributed by atoms with E-state index in [2.05, 4.69) is 45.7 Å². The third-order valence-electron chi connectivity index (χ3n) is 1.51. The predicted octanol–water partition coefficient (Wildman–Crippen LogP) is 4.05. The van der Waals surface area contributed by atoms with Crippen molar-refractivity contribution in [3.8, 4) is 0 Å². The van der Waals surface area contributed by atoms with Crippen LogP contribution < -0.4 is 0 Å². The molecule has 0 aromatic rings. The van der Waals surface area contributed by atoms with Crippen LogP contribution in [0.2, 0.25) is 0 Å². The molecule has 0 aromatic heterocycles. The average molecular weight is 206 g/mol. The van der Waals surface area contributed by atoms with Gasteiger partial charge in [-0.2, -0.15) is 23.5 Å². The fraction of sp³-hybridized carbons (Fsp3) is 1.00. The Balaban J connectivity index is 3.40. The first kappa shape index (κ1) is 12.7. The quantitative estimate of drug-likeness (QED) is 0.622. The van der Waals surface area contributed by atoms with Crippen molar-refractivity contribution in [2.75, 3.05) is 12.0 Å². The minimum Gasteiger partial charge on any atom is -0.165 e. The van der Waals surface area contributed by atoms with Crippen LogP contribution in [0.25, 0.3) is 0 Å². The van der Waals surface area contributed by atoms with Gasteiger partial charge in [0.1, 0.15) is 0 Å². The van der Waals surface area contributed by atoms with E-state index in [1.165, 1.54) is 18.6 Å². The number of thioether (sulfide) groups is 2. The Morgan fingerprint density at radius 1 is 1.25 bits per heavy atom. The van der Waals surface area contributed by atoms with Gasteiger partial charge in [0.05, 0.1) is 0 Å². The van der Waals surface area contributed by atoms with Gasteiger partial charge in [0, 0.05) is 10.00 Å². The van der Waals surface area contributed by atoms with Gasteiger partial charge in [0.2, 0.25) is 0 Å². The maximum absolute atomic E-state index is 2.34. The summed E-state index contributed by atoms with van der Waals surface area (Å²) >= 11 is 4.05. The predicted molar refractivity (Wildman–Crippen MR) is 64.4 cm³/mol. The molecule has 0 fully saturated rings. The van der Waals surface area contributed by atoms with Crippen molar-refractivity contribution in [3.63, 3.8) is 0 Å². The van der Waals surface area contributed by atoms with Gasteiger partial charge in [0.25, 0.3) is 0 Å². The van der Waals surface area contributed by atoms with Crippen molar-refractivity contribution in [2.45, 2.75) is 50.5 Å². The molecule has 12 heavy (non-hydrogen) atoms. The van der Waals surface area contributed by atoms with Gasteiger partial charge < -0.3 is 0 Å². The Bertz CT molecular complexity index is 105. The number of rotatable bonds is 5. The summed E-state index contributed by atoms with van der Waals surface area (Å²) < 4.78 is 0.429. The zero-order valence-corrected chi connectivity index (χ0v) is 10.6. The lowest BCUT2D eigenvalue weighted by Crippen LogP contribution is -2.13. The summed E-state index contributed by atoms with van der Waals surface area (Å²) in [4.78, 5) is 0. The standard InChI is InChI=1S/C10H22S2/c1-9(7-6-8-11-5)12-10(2,3)4/h9H,6-8H2,1-5H3. The van der Waals surface area contributed by atoms with Gasteiger partial charge in [0.15, 0.2) is 0 Å². The van der Waals surface area contributed by atoms with Crippen LogP contribution in [0.3, 0.4) is 0 Å². The second-order valence-corrected chi connectivity index (χ2v) is 7.43. The largest absolute Gasteiger partial charge is 0.165 e. The molecule has 0 nitrogen and oxygen atoms in total. The highest BCUT2D eigenvalue weighted by Gasteiger charge is 2.14. The average Bonchev–Trinajstić information content (AvgIpc) is 1.84. The van der Waals surface area contributed by atoms with Gasteiger partial charge in [-0.15, -0.1) is 0 Å². The van der Waals surface area contributed by atoms with Crippen molar-refractivity contribution < 1.29 is 0 Å². The summed E-state index contributed by atoms with van der Waals surface area (Å²) in [6.45, 7) is 9.23. The summed E-state index contributed by atoms with van der Waals surface area (Å²) in [5.41, 5.74) is 0. The van der Waals surface area contributed by atoms with Crippen LogP contribution in [0.4, 0.5) is 0 Å². The molecule has 0 radical (unpaired) electrons. The minimum absolute atomic E-state index is 0.429. The molecule has 0 N–H and O–H groups in total. The molecule has 0 spiro atoms. The van der Waals surface area contributed by atoms with E-state index in [1.54, 1.807) is 0 Å². The van der Waals surface area contributed by atoms with E-state index in [4.69, 9.17) is 0 Å². The van der Waals surface area contributed by atoms with Gasteiger partial charge in [-0.25, -0.2) is 0 Å². The molecule has 0 bridgehead atoms. The first-order chi connectivity index (χ1) is 5.45. The maximum Gasteiger partial charge on any atom is 0.00777 e. The van der Waals surface area contributed by atoms with Crippen molar-refractivity contribution in [1.29, 1.82) is 0 Å². The first-order valence-electron chi connectivity index (χ1n) is 4.62. The van der Waals surface area contributed by atoms with Crippen molar-refractivity contribution in [2.24, 2.45) is 0 Å². The van der Waals surface area contributed by atoms with Gasteiger partial charge in [-0.1, -0.05) is 27.7 Å². The lowest BCUT2D eigenvalue weighted by molar-refractivity contribution is 0.753. The second-order valence-electron chi connectivity index (χ2n) is 4.18. The Morgan fingerprint density at radius 2 is 1.83 bits per heavy atom. The van der Waals surface area contributed by atoms with Gasteiger partial charge in [-0.05, 0) is 24.9 Å². The SMILES string of the molecule is CSCCCC(C)SC(C)(C)C. The zero-order valence-electron chi connectivity index (χ0n) is 9.02. The highest BCUT2D eigenvalue weighted by atomic mass is 32.2. The van der Waals surface area contributed by atoms with E-state index in [0.717, 1.165) is 5.25 Å². The molecular weight excluding hydrogens is 184 g/mol. The van der Waals surface area contributed by atoms with Crippen molar-refractivity contribution in [3.05, 3.63) is 0 Å². The minimum atomic E-state index is 0.429. The van der Waals surface area contributed by atoms with Crippen LogP contribution in [0.15, 0.2) is 0 Å². The molecule has 0 aliphatic rings. The van der Waals surface area contributed by atoms with E-state index >= 15 is 0 Å². The van der Waals surface area contributed by atoms with E-state index < -0.39 is 0 Å². The molecule has 0 aromatic carbocycles. The fourth-order valence-corrected chi connectivity index (χ4v) is 3.12. The van der Waals surface area contributed by atoms with Crippen LogP contribution >= 0.6 is 23.5 Å². The molecular formula is C10H22S2. The summed E-state index contributed by atoms with van der Waals surface area (Å²) in [7, 11) is 0. The second kappa shape index (κ2) is 6.20. The Kier molecular flexibility index (Phi) is 6.56. The first-order valence-corrected chi connectivity index (χ1v) is 6.90. The molecule has 0 aliphatic heterocycles. The molecule has 2 heteroatoms. The Morgan fingerprint density at radius 3 is 2.25 bits per heavy atom. The summed E-state index contributed by atoms with van der Waals surface area (Å²) in [6, 6.07) is 0. The van der Waals surface area contributed by atoms with Crippen LogP contribution in [0, 0.1) is 0 Å². The summed E-state index contributed by atoms with van der Waals surface area (Å²) in [6.07, 6.45) is 4.91. The number of hydrogen-bond donors (Lipinski definition) is 0. The molecule has 74 valence electrons. The number of hydrogen-bond acceptors (Lipinski definition) is 2. The topological polar surface area (TPSA) is 0 Å². The Hall–Kier alpha value is 0.700. The molecule has 0 aliphatic carbocycles. The monoisotopic (exact) mass is 206 g/mol. The lowest BCUT2D eigenvalue weighted by Gasteiger charge is -2.22. The third-order valence-corrected chi connectivity index (χ3v) is 3.56. The maximum atomic E-state index is 2.34. The highest BCUT2D eigenvalue weighted by Crippen LogP contribution is 2.30. The summed E-state index contributed by atoms with van der Waals surface area (Å²) in [5, 5.41) is 0.817. The molecule has 1 atom stereocenters. The smallest absolute Gasteiger partial charge is 0.00777 e. The van der Waals surface area contributed by atoms with Crippen molar-refractivity contribution in [1.82, 2.24) is 0 Å². The van der Waals surface area contributed by atoms with Gasteiger partial charge >= 0.3 is 0 Å². The molecule has 1 unspecified atom stereocenters. The lowest BCUT2D eigenvalue weighted by atomic mass is 10.2. The molecule has 0 saturated carbocycles. The van der Waals surface area contributed by atoms with Gasteiger partial charge in [-0.3, -0.25) is 0 Å². The highest BCUT2D eigenvalue weighted by molar-refractivity contribution is 8.01. The fourth-order valence-electron chi connectivity index (χ4n) is 1.18. The van der Waals surface area contributed by atoms with Crippen LogP contribution in [-0.2, 0) is 0 Å². The molecule has 0 amide bonds. The molecule has 0 heterocycles. The normalized spacial score (nSPS) is 14.8. The van der Waals surface area contributed by atoms with E-state index in [-0.39, 0.29) is 0 Å². The molecule has 0 rings (SSSR count). The van der Waals surface area contributed by atoms with E-state index in [0.29, 0.717) is 4.75 Å².